The minimum atomic E-state index is -1.96. The molecular weight excluding hydrogens is 219 g/mol. The van der Waals surface area contributed by atoms with Crippen LogP contribution in [0.15, 0.2) is 24.3 Å². The van der Waals surface area contributed by atoms with Gasteiger partial charge in [-0.15, -0.1) is 0 Å². The number of non-ortho nitro benzene ring substituents is 1. The molecule has 0 heterocycles. The van der Waals surface area contributed by atoms with Crippen molar-refractivity contribution >= 4 is 24.7 Å². The summed E-state index contributed by atoms with van der Waals surface area (Å²) in [5.41, 5.74) is 4.55. The van der Waals surface area contributed by atoms with Crippen LogP contribution in [0.5, 0.6) is 0 Å². The third-order valence-electron chi connectivity index (χ3n) is 1.72. The normalized spacial score (nSPS) is 12.1. The van der Waals surface area contributed by atoms with Crippen LogP contribution in [0.25, 0.3) is 0 Å². The Morgan fingerprint density at radius 3 is 2.40 bits per heavy atom. The van der Waals surface area contributed by atoms with Crippen LogP contribution >= 0.6 is 8.15 Å². The molecule has 1 aromatic rings. The first-order valence-corrected chi connectivity index (χ1v) is 5.32. The molecule has 7 heteroatoms. The summed E-state index contributed by atoms with van der Waals surface area (Å²) >= 11 is 0. The topological polar surface area (TPSA) is 106 Å². The van der Waals surface area contributed by atoms with Gasteiger partial charge < -0.3 is 10.6 Å². The Morgan fingerprint density at radius 1 is 1.47 bits per heavy atom. The molecule has 0 bridgehead atoms. The number of nitro groups is 1. The van der Waals surface area contributed by atoms with Gasteiger partial charge in [0.2, 0.25) is 0 Å². The minimum absolute atomic E-state index is 0.0812. The molecule has 1 rings (SSSR count). The van der Waals surface area contributed by atoms with Gasteiger partial charge in [-0.3, -0.25) is 14.9 Å². The third kappa shape index (κ3) is 2.79. The molecule has 0 saturated carbocycles. The summed E-state index contributed by atoms with van der Waals surface area (Å²) in [6.07, 6.45) is 0. The average molecular weight is 228 g/mol. The number of nitrogens with zero attached hydrogens (tertiary/aromatic N) is 1. The summed E-state index contributed by atoms with van der Waals surface area (Å²) in [7, 11) is -1.96. The second-order valence-corrected chi connectivity index (χ2v) is 4.32. The molecule has 0 saturated heterocycles. The lowest BCUT2D eigenvalue weighted by molar-refractivity contribution is -0.384. The van der Waals surface area contributed by atoms with E-state index in [1.165, 1.54) is 24.3 Å². The summed E-state index contributed by atoms with van der Waals surface area (Å²) in [4.78, 5) is 30.3. The van der Waals surface area contributed by atoms with Gasteiger partial charge >= 0.3 is 0 Å². The van der Waals surface area contributed by atoms with Gasteiger partial charge in [0.05, 0.1) is 11.5 Å². The van der Waals surface area contributed by atoms with Crippen molar-refractivity contribution in [1.82, 2.24) is 0 Å². The fraction of sp³-hybridized carbons (Fsp3) is 0.125. The fourth-order valence-electron chi connectivity index (χ4n) is 0.946. The number of carbonyl (C=O) groups excluding carboxylic acids is 1. The maximum atomic E-state index is 11.1. The van der Waals surface area contributed by atoms with E-state index >= 15 is 0 Å². The van der Waals surface area contributed by atoms with Crippen LogP contribution < -0.4 is 11.0 Å². The van der Waals surface area contributed by atoms with Crippen LogP contribution in [0.4, 0.5) is 5.69 Å². The third-order valence-corrected chi connectivity index (χ3v) is 3.16. The molecule has 0 spiro atoms. The Kier molecular flexibility index (Phi) is 3.85. The van der Waals surface area contributed by atoms with Crippen molar-refractivity contribution in [3.8, 4) is 0 Å². The van der Waals surface area contributed by atoms with E-state index in [0.717, 1.165) is 0 Å². The molecule has 0 aromatic heterocycles. The molecule has 0 amide bonds. The van der Waals surface area contributed by atoms with Crippen LogP contribution in [-0.2, 0) is 4.79 Å². The average Bonchev–Trinajstić information content (AvgIpc) is 2.27. The predicted octanol–water partition coefficient (Wildman–Crippen LogP) is 0.0946. The van der Waals surface area contributed by atoms with Gasteiger partial charge in [-0.05, 0) is 12.1 Å². The molecule has 0 fully saturated rings. The summed E-state index contributed by atoms with van der Waals surface area (Å²) in [6, 6.07) is 5.20. The largest absolute Gasteiger partial charge is 0.362 e. The van der Waals surface area contributed by atoms with E-state index in [4.69, 9.17) is 5.73 Å². The molecule has 1 aromatic carbocycles. The van der Waals surface area contributed by atoms with Crippen LogP contribution in [-0.4, -0.2) is 21.9 Å². The monoisotopic (exact) mass is 228 g/mol. The van der Waals surface area contributed by atoms with Gasteiger partial charge in [-0.2, -0.15) is 0 Å². The fourth-order valence-corrected chi connectivity index (χ4v) is 1.84. The minimum Gasteiger partial charge on any atom is -0.362 e. The molecule has 0 aliphatic heterocycles. The van der Waals surface area contributed by atoms with Crippen LogP contribution in [0, 0.1) is 10.1 Å². The van der Waals surface area contributed by atoms with E-state index in [1.54, 1.807) is 0 Å². The Labute approximate surface area is 86.7 Å². The van der Waals surface area contributed by atoms with E-state index in [1.807, 2.05) is 0 Å². The van der Waals surface area contributed by atoms with Gasteiger partial charge in [0, 0.05) is 17.4 Å². The molecule has 1 atom stereocenters. The second kappa shape index (κ2) is 4.93. The number of hydrogen-bond donors (Lipinski definition) is 2. The van der Waals surface area contributed by atoms with Crippen molar-refractivity contribution in [2.45, 2.75) is 0 Å². The number of rotatable bonds is 4. The smallest absolute Gasteiger partial charge is 0.269 e. The number of hydrogen-bond acceptors (Lipinski definition) is 5. The predicted molar refractivity (Wildman–Crippen MR) is 55.9 cm³/mol. The van der Waals surface area contributed by atoms with Gasteiger partial charge in [0.25, 0.3) is 5.69 Å². The number of nitrogens with two attached hydrogens (primary N) is 1. The Bertz CT molecular complexity index is 379. The molecule has 3 N–H and O–H groups in total. The summed E-state index contributed by atoms with van der Waals surface area (Å²) in [6.45, 7) is -0.237. The Balaban J connectivity index is 2.89. The highest BCUT2D eigenvalue weighted by atomic mass is 31.1. The molecule has 1 unspecified atom stereocenters. The van der Waals surface area contributed by atoms with Crippen molar-refractivity contribution in [2.75, 3.05) is 6.54 Å². The van der Waals surface area contributed by atoms with E-state index in [-0.39, 0.29) is 12.2 Å². The standard InChI is InChI=1S/C8H9N2O4P/c9-5-8(11)15(14)7-3-1-6(2-4-7)10(12)13/h1-4,14H,5,9H2. The second-order valence-electron chi connectivity index (χ2n) is 2.68. The first-order valence-electron chi connectivity index (χ1n) is 4.02. The summed E-state index contributed by atoms with van der Waals surface area (Å²) < 4.78 is 0. The lowest BCUT2D eigenvalue weighted by Gasteiger charge is -2.06. The van der Waals surface area contributed by atoms with Crippen molar-refractivity contribution in [3.05, 3.63) is 34.4 Å². The number of nitro benzene ring substituents is 1. The molecule has 6 nitrogen and oxygen atoms in total. The molecule has 15 heavy (non-hydrogen) atoms. The van der Waals surface area contributed by atoms with Gasteiger partial charge in [0.15, 0.2) is 5.52 Å². The van der Waals surface area contributed by atoms with Crippen LogP contribution in [0.3, 0.4) is 0 Å². The van der Waals surface area contributed by atoms with Crippen molar-refractivity contribution in [2.24, 2.45) is 5.73 Å². The highest BCUT2D eigenvalue weighted by Gasteiger charge is 2.17. The van der Waals surface area contributed by atoms with E-state index < -0.39 is 18.6 Å². The maximum absolute atomic E-state index is 11.1. The van der Waals surface area contributed by atoms with Gasteiger partial charge in [0.1, 0.15) is 8.15 Å². The Hall–Kier alpha value is -1.36. The molecule has 0 aliphatic carbocycles. The first kappa shape index (κ1) is 11.7. The zero-order valence-electron chi connectivity index (χ0n) is 7.66. The highest BCUT2D eigenvalue weighted by Crippen LogP contribution is 2.29. The van der Waals surface area contributed by atoms with Gasteiger partial charge in [-0.1, -0.05) is 0 Å². The molecule has 0 radical (unpaired) electrons. The zero-order valence-corrected chi connectivity index (χ0v) is 8.55. The Morgan fingerprint density at radius 2 is 2.00 bits per heavy atom. The quantitative estimate of drug-likeness (QED) is 0.431. The van der Waals surface area contributed by atoms with Crippen LogP contribution in [0.1, 0.15) is 0 Å². The highest BCUT2D eigenvalue weighted by molar-refractivity contribution is 7.76. The van der Waals surface area contributed by atoms with E-state index in [9.17, 15) is 19.8 Å². The van der Waals surface area contributed by atoms with Crippen LogP contribution in [0.2, 0.25) is 0 Å². The molecular formula is C8H9N2O4P. The zero-order chi connectivity index (χ0) is 11.4. The van der Waals surface area contributed by atoms with Crippen molar-refractivity contribution in [3.63, 3.8) is 0 Å². The lowest BCUT2D eigenvalue weighted by Crippen LogP contribution is -2.16. The number of benzene rings is 1. The molecule has 80 valence electrons. The summed E-state index contributed by atoms with van der Waals surface area (Å²) in [5.74, 6) is 0. The SMILES string of the molecule is NCC(=O)P(O)c1ccc([N+](=O)[O-])cc1. The maximum Gasteiger partial charge on any atom is 0.269 e. The van der Waals surface area contributed by atoms with E-state index in [0.29, 0.717) is 5.30 Å². The van der Waals surface area contributed by atoms with Gasteiger partial charge in [-0.25, -0.2) is 0 Å². The first-order chi connectivity index (χ1) is 7.06. The lowest BCUT2D eigenvalue weighted by atomic mass is 10.3. The summed E-state index contributed by atoms with van der Waals surface area (Å²) in [5, 5.41) is 10.7. The van der Waals surface area contributed by atoms with Crippen molar-refractivity contribution in [1.29, 1.82) is 0 Å². The number of carbonyl (C=O) groups is 1. The van der Waals surface area contributed by atoms with E-state index in [2.05, 4.69) is 0 Å². The molecule has 0 aliphatic rings. The van der Waals surface area contributed by atoms with Crippen molar-refractivity contribution < 1.29 is 14.6 Å².